The number of hydrogen-bond donors (Lipinski definition) is 0. The van der Waals surface area contributed by atoms with Crippen LogP contribution in [0.1, 0.15) is 12.0 Å². The third-order valence-corrected chi connectivity index (χ3v) is 4.34. The number of nitrogens with zero attached hydrogens (tertiary/aromatic N) is 2. The number of rotatable bonds is 9. The molecule has 7 nitrogen and oxygen atoms in total. The highest BCUT2D eigenvalue weighted by molar-refractivity contribution is 5.78. The molecule has 1 saturated heterocycles. The maximum Gasteiger partial charge on any atom is 0.307 e. The first-order valence-corrected chi connectivity index (χ1v) is 8.92. The molecular formula is C19H28N2O5. The van der Waals surface area contributed by atoms with E-state index < -0.39 is 0 Å². The molecule has 1 aromatic rings. The smallest absolute Gasteiger partial charge is 0.307 e. The van der Waals surface area contributed by atoms with E-state index in [1.165, 1.54) is 7.11 Å². The Labute approximate surface area is 154 Å². The molecule has 1 heterocycles. The van der Waals surface area contributed by atoms with Crippen molar-refractivity contribution in [3.8, 4) is 5.75 Å². The molecule has 1 aliphatic heterocycles. The zero-order chi connectivity index (χ0) is 18.8. The van der Waals surface area contributed by atoms with Gasteiger partial charge in [0.1, 0.15) is 5.75 Å². The van der Waals surface area contributed by atoms with E-state index in [0.717, 1.165) is 25.2 Å². The monoisotopic (exact) mass is 364 g/mol. The zero-order valence-electron chi connectivity index (χ0n) is 15.6. The van der Waals surface area contributed by atoms with E-state index in [-0.39, 0.29) is 24.9 Å². The summed E-state index contributed by atoms with van der Waals surface area (Å²) in [5.41, 5.74) is 1.13. The van der Waals surface area contributed by atoms with Gasteiger partial charge in [-0.2, -0.15) is 0 Å². The summed E-state index contributed by atoms with van der Waals surface area (Å²) in [6.07, 6.45) is 0.176. The van der Waals surface area contributed by atoms with Gasteiger partial charge < -0.3 is 19.1 Å². The molecule has 0 aliphatic carbocycles. The van der Waals surface area contributed by atoms with Gasteiger partial charge in [-0.1, -0.05) is 17.7 Å². The quantitative estimate of drug-likeness (QED) is 0.611. The number of methoxy groups -OCH3 is 1. The van der Waals surface area contributed by atoms with Crippen LogP contribution in [0.2, 0.25) is 0 Å². The molecule has 1 aromatic carbocycles. The van der Waals surface area contributed by atoms with Crippen molar-refractivity contribution >= 4 is 11.9 Å². The van der Waals surface area contributed by atoms with Crippen LogP contribution in [0.5, 0.6) is 5.75 Å². The Morgan fingerprint density at radius 3 is 2.50 bits per heavy atom. The van der Waals surface area contributed by atoms with Gasteiger partial charge in [0.2, 0.25) is 0 Å². The zero-order valence-corrected chi connectivity index (χ0v) is 15.6. The second-order valence-corrected chi connectivity index (χ2v) is 6.26. The molecule has 7 heteroatoms. The number of benzene rings is 1. The Morgan fingerprint density at radius 1 is 1.15 bits per heavy atom. The van der Waals surface area contributed by atoms with Crippen molar-refractivity contribution in [1.82, 2.24) is 9.80 Å². The van der Waals surface area contributed by atoms with Crippen molar-refractivity contribution < 1.29 is 23.8 Å². The molecule has 0 aromatic heterocycles. The van der Waals surface area contributed by atoms with Gasteiger partial charge in [-0.15, -0.1) is 0 Å². The third kappa shape index (κ3) is 7.01. The normalized spacial score (nSPS) is 14.7. The largest absolute Gasteiger partial charge is 0.484 e. The van der Waals surface area contributed by atoms with Gasteiger partial charge in [0.15, 0.2) is 6.61 Å². The maximum absolute atomic E-state index is 12.6. The van der Waals surface area contributed by atoms with Crippen molar-refractivity contribution in [2.75, 3.05) is 59.7 Å². The van der Waals surface area contributed by atoms with E-state index in [4.69, 9.17) is 9.47 Å². The lowest BCUT2D eigenvalue weighted by Crippen LogP contribution is -2.44. The Balaban J connectivity index is 1.86. The molecule has 0 bridgehead atoms. The summed E-state index contributed by atoms with van der Waals surface area (Å²) in [7, 11) is 1.35. The van der Waals surface area contributed by atoms with Gasteiger partial charge in [-0.25, -0.2) is 0 Å². The highest BCUT2D eigenvalue weighted by Crippen LogP contribution is 2.11. The van der Waals surface area contributed by atoms with E-state index >= 15 is 0 Å². The minimum atomic E-state index is -0.325. The van der Waals surface area contributed by atoms with Crippen LogP contribution < -0.4 is 4.74 Å². The molecule has 144 valence electrons. The van der Waals surface area contributed by atoms with Gasteiger partial charge in [0.05, 0.1) is 26.7 Å². The van der Waals surface area contributed by atoms with Gasteiger partial charge in [-0.05, 0) is 19.1 Å². The predicted molar refractivity (Wildman–Crippen MR) is 97.1 cm³/mol. The van der Waals surface area contributed by atoms with Gasteiger partial charge in [0.25, 0.3) is 5.91 Å². The summed E-state index contributed by atoms with van der Waals surface area (Å²) >= 11 is 0. The Bertz CT molecular complexity index is 570. The molecule has 2 rings (SSSR count). The Hall–Kier alpha value is -2.12. The van der Waals surface area contributed by atoms with Crippen molar-refractivity contribution in [3.05, 3.63) is 29.8 Å². The lowest BCUT2D eigenvalue weighted by Gasteiger charge is -2.30. The summed E-state index contributed by atoms with van der Waals surface area (Å²) in [6, 6.07) is 7.56. The number of aryl methyl sites for hydroxylation is 1. The lowest BCUT2D eigenvalue weighted by atomic mass is 10.2. The molecule has 0 spiro atoms. The SMILES string of the molecule is COC(=O)CCN(CCN1CCOCC1)C(=O)COc1ccc(C)cc1. The molecule has 0 unspecified atom stereocenters. The van der Waals surface area contributed by atoms with Gasteiger partial charge in [0, 0.05) is 32.7 Å². The summed E-state index contributed by atoms with van der Waals surface area (Å²) in [5, 5.41) is 0. The molecular weight excluding hydrogens is 336 g/mol. The van der Waals surface area contributed by atoms with E-state index in [0.29, 0.717) is 32.1 Å². The maximum atomic E-state index is 12.6. The second-order valence-electron chi connectivity index (χ2n) is 6.26. The Kier molecular flexibility index (Phi) is 8.37. The third-order valence-electron chi connectivity index (χ3n) is 4.34. The molecule has 1 aliphatic rings. The lowest BCUT2D eigenvalue weighted by molar-refractivity contribution is -0.142. The number of morpholine rings is 1. The van der Waals surface area contributed by atoms with Crippen molar-refractivity contribution in [1.29, 1.82) is 0 Å². The fourth-order valence-electron chi connectivity index (χ4n) is 2.65. The average molecular weight is 364 g/mol. The minimum Gasteiger partial charge on any atom is -0.484 e. The van der Waals surface area contributed by atoms with Crippen LogP contribution in [0, 0.1) is 6.92 Å². The number of ether oxygens (including phenoxy) is 3. The van der Waals surface area contributed by atoms with Gasteiger partial charge in [-0.3, -0.25) is 14.5 Å². The number of hydrogen-bond acceptors (Lipinski definition) is 6. The van der Waals surface area contributed by atoms with Crippen LogP contribution in [0.3, 0.4) is 0 Å². The summed E-state index contributed by atoms with van der Waals surface area (Å²) in [5.74, 6) is 0.196. The van der Waals surface area contributed by atoms with Crippen LogP contribution >= 0.6 is 0 Å². The fraction of sp³-hybridized carbons (Fsp3) is 0.579. The standard InChI is InChI=1S/C19H28N2O5/c1-16-3-5-17(6-4-16)26-15-18(22)21(8-7-19(23)24-2)10-9-20-11-13-25-14-12-20/h3-6H,7-15H2,1-2H3. The first kappa shape index (κ1) is 20.2. The topological polar surface area (TPSA) is 68.3 Å². The molecule has 0 saturated carbocycles. The van der Waals surface area contributed by atoms with Crippen LogP contribution in [0.4, 0.5) is 0 Å². The molecule has 0 radical (unpaired) electrons. The molecule has 1 fully saturated rings. The average Bonchev–Trinajstić information content (AvgIpc) is 2.67. The van der Waals surface area contributed by atoms with Crippen LogP contribution in [-0.2, 0) is 19.1 Å². The van der Waals surface area contributed by atoms with Crippen molar-refractivity contribution in [2.45, 2.75) is 13.3 Å². The molecule has 0 atom stereocenters. The number of carbonyl (C=O) groups is 2. The van der Waals surface area contributed by atoms with E-state index in [1.54, 1.807) is 4.90 Å². The summed E-state index contributed by atoms with van der Waals surface area (Å²) in [4.78, 5) is 27.9. The van der Waals surface area contributed by atoms with E-state index in [1.807, 2.05) is 31.2 Å². The minimum absolute atomic E-state index is 0.0483. The second kappa shape index (κ2) is 10.8. The molecule has 26 heavy (non-hydrogen) atoms. The van der Waals surface area contributed by atoms with Crippen LogP contribution in [-0.4, -0.2) is 81.3 Å². The highest BCUT2D eigenvalue weighted by Gasteiger charge is 2.18. The number of carbonyl (C=O) groups excluding carboxylic acids is 2. The first-order valence-electron chi connectivity index (χ1n) is 8.92. The van der Waals surface area contributed by atoms with Crippen molar-refractivity contribution in [3.63, 3.8) is 0 Å². The van der Waals surface area contributed by atoms with Crippen molar-refractivity contribution in [2.24, 2.45) is 0 Å². The first-order chi connectivity index (χ1) is 12.6. The highest BCUT2D eigenvalue weighted by atomic mass is 16.5. The molecule has 1 amide bonds. The molecule has 0 N–H and O–H groups in total. The van der Waals surface area contributed by atoms with Crippen LogP contribution in [0.15, 0.2) is 24.3 Å². The predicted octanol–water partition coefficient (Wildman–Crippen LogP) is 1.10. The Morgan fingerprint density at radius 2 is 1.85 bits per heavy atom. The number of esters is 1. The van der Waals surface area contributed by atoms with E-state index in [9.17, 15) is 9.59 Å². The van der Waals surface area contributed by atoms with E-state index in [2.05, 4.69) is 9.64 Å². The summed E-state index contributed by atoms with van der Waals surface area (Å²) < 4.78 is 15.6. The fourth-order valence-corrected chi connectivity index (χ4v) is 2.65. The van der Waals surface area contributed by atoms with Crippen LogP contribution in [0.25, 0.3) is 0 Å². The van der Waals surface area contributed by atoms with Gasteiger partial charge >= 0.3 is 5.97 Å². The summed E-state index contributed by atoms with van der Waals surface area (Å²) in [6.45, 7) is 6.72. The number of amides is 1.